The number of hydrogen-bond acceptors (Lipinski definition) is 3. The molecule has 2 aromatic rings. The van der Waals surface area contributed by atoms with E-state index in [-0.39, 0.29) is 0 Å². The lowest BCUT2D eigenvalue weighted by atomic mass is 10.0. The van der Waals surface area contributed by atoms with Gasteiger partial charge < -0.3 is 10.2 Å². The molecule has 1 atom stereocenters. The Bertz CT molecular complexity index is 539. The van der Waals surface area contributed by atoms with Crippen LogP contribution in [0.4, 0.5) is 5.69 Å². The Balaban J connectivity index is 2.15. The van der Waals surface area contributed by atoms with E-state index in [1.165, 1.54) is 11.3 Å². The predicted molar refractivity (Wildman–Crippen MR) is 89.5 cm³/mol. The summed E-state index contributed by atoms with van der Waals surface area (Å²) in [4.78, 5) is 6.68. The first-order chi connectivity index (χ1) is 10.2. The van der Waals surface area contributed by atoms with Gasteiger partial charge in [0.15, 0.2) is 0 Å². The first-order valence-electron chi connectivity index (χ1n) is 7.65. The summed E-state index contributed by atoms with van der Waals surface area (Å²) in [6.07, 6.45) is 3.00. The lowest BCUT2D eigenvalue weighted by Gasteiger charge is -2.25. The van der Waals surface area contributed by atoms with E-state index < -0.39 is 0 Å². The minimum atomic E-state index is 0.354. The van der Waals surface area contributed by atoms with Gasteiger partial charge in [0.25, 0.3) is 0 Å². The van der Waals surface area contributed by atoms with Gasteiger partial charge in [-0.3, -0.25) is 4.98 Å². The number of rotatable bonds is 7. The number of benzene rings is 1. The fourth-order valence-electron chi connectivity index (χ4n) is 2.49. The van der Waals surface area contributed by atoms with Crippen LogP contribution in [0.15, 0.2) is 48.7 Å². The average Bonchev–Trinajstić information content (AvgIpc) is 2.53. The van der Waals surface area contributed by atoms with Crippen molar-refractivity contribution in [2.45, 2.75) is 32.9 Å². The summed E-state index contributed by atoms with van der Waals surface area (Å²) in [5, 5.41) is 3.57. The molecule has 1 N–H and O–H groups in total. The number of aromatic nitrogens is 1. The number of anilines is 1. The number of nitrogens with zero attached hydrogens (tertiary/aromatic N) is 2. The van der Waals surface area contributed by atoms with E-state index in [4.69, 9.17) is 0 Å². The van der Waals surface area contributed by atoms with E-state index in [1.807, 2.05) is 18.3 Å². The second-order valence-corrected chi connectivity index (χ2v) is 5.41. The van der Waals surface area contributed by atoms with E-state index in [9.17, 15) is 0 Å². The Morgan fingerprint density at radius 1 is 1.14 bits per heavy atom. The van der Waals surface area contributed by atoms with Gasteiger partial charge in [-0.25, -0.2) is 0 Å². The number of nitrogens with one attached hydrogen (secondary N) is 1. The maximum Gasteiger partial charge on any atom is 0.0598 e. The Morgan fingerprint density at radius 2 is 1.90 bits per heavy atom. The van der Waals surface area contributed by atoms with Crippen molar-refractivity contribution in [3.05, 3.63) is 59.9 Å². The first-order valence-corrected chi connectivity index (χ1v) is 7.65. The molecule has 1 heterocycles. The molecule has 1 aromatic carbocycles. The van der Waals surface area contributed by atoms with Crippen LogP contribution >= 0.6 is 0 Å². The number of pyridine rings is 1. The molecule has 112 valence electrons. The van der Waals surface area contributed by atoms with Crippen LogP contribution < -0.4 is 10.2 Å². The van der Waals surface area contributed by atoms with Crippen LogP contribution in [0, 0.1) is 0 Å². The molecular formula is C18H25N3. The molecular weight excluding hydrogens is 258 g/mol. The molecule has 21 heavy (non-hydrogen) atoms. The molecule has 0 fully saturated rings. The molecule has 0 saturated carbocycles. The third kappa shape index (κ3) is 4.30. The Morgan fingerprint density at radius 3 is 2.62 bits per heavy atom. The van der Waals surface area contributed by atoms with Crippen molar-refractivity contribution in [2.75, 3.05) is 18.5 Å². The van der Waals surface area contributed by atoms with Crippen LogP contribution in [-0.2, 0) is 6.54 Å². The molecule has 3 heteroatoms. The van der Waals surface area contributed by atoms with E-state index in [0.29, 0.717) is 6.04 Å². The van der Waals surface area contributed by atoms with E-state index >= 15 is 0 Å². The molecule has 0 aliphatic heterocycles. The fourth-order valence-corrected chi connectivity index (χ4v) is 2.49. The molecule has 0 bridgehead atoms. The average molecular weight is 283 g/mol. The Kier molecular flexibility index (Phi) is 5.76. The molecule has 2 rings (SSSR count). The minimum absolute atomic E-state index is 0.354. The zero-order valence-corrected chi connectivity index (χ0v) is 13.2. The summed E-state index contributed by atoms with van der Waals surface area (Å²) >= 11 is 0. The molecule has 1 aromatic heterocycles. The smallest absolute Gasteiger partial charge is 0.0598 e. The van der Waals surface area contributed by atoms with Gasteiger partial charge >= 0.3 is 0 Å². The fraction of sp³-hybridized carbons (Fsp3) is 0.389. The number of hydrogen-bond donors (Lipinski definition) is 1. The van der Waals surface area contributed by atoms with Crippen molar-refractivity contribution in [2.24, 2.45) is 0 Å². The van der Waals surface area contributed by atoms with Crippen molar-refractivity contribution < 1.29 is 0 Å². The predicted octanol–water partition coefficient (Wildman–Crippen LogP) is 3.78. The third-order valence-corrected chi connectivity index (χ3v) is 3.64. The summed E-state index contributed by atoms with van der Waals surface area (Å²) < 4.78 is 0. The van der Waals surface area contributed by atoms with Gasteiger partial charge in [0, 0.05) is 25.0 Å². The molecule has 0 aliphatic rings. The first kappa shape index (κ1) is 15.5. The highest BCUT2D eigenvalue weighted by Gasteiger charge is 2.12. The van der Waals surface area contributed by atoms with Crippen LogP contribution in [0.5, 0.6) is 0 Å². The van der Waals surface area contributed by atoms with Crippen LogP contribution in [0.3, 0.4) is 0 Å². The van der Waals surface area contributed by atoms with E-state index in [0.717, 1.165) is 25.2 Å². The van der Waals surface area contributed by atoms with Gasteiger partial charge in [0.2, 0.25) is 0 Å². The normalized spacial score (nSPS) is 12.1. The van der Waals surface area contributed by atoms with Gasteiger partial charge in [0.05, 0.1) is 12.2 Å². The molecule has 3 nitrogen and oxygen atoms in total. The van der Waals surface area contributed by atoms with Crippen molar-refractivity contribution in [1.29, 1.82) is 0 Å². The largest absolute Gasteiger partial charge is 0.368 e. The molecule has 0 radical (unpaired) electrons. The lowest BCUT2D eigenvalue weighted by molar-refractivity contribution is 0.569. The topological polar surface area (TPSA) is 28.2 Å². The summed E-state index contributed by atoms with van der Waals surface area (Å²) in [5.74, 6) is 0. The summed E-state index contributed by atoms with van der Waals surface area (Å²) in [6, 6.07) is 15.0. The molecule has 0 spiro atoms. The van der Waals surface area contributed by atoms with E-state index in [1.54, 1.807) is 0 Å². The molecule has 0 aliphatic carbocycles. The SMILES string of the molecule is CCCNC(C)c1ccccc1N(C)Cc1ccccn1. The summed E-state index contributed by atoms with van der Waals surface area (Å²) in [5.41, 5.74) is 3.69. The molecule has 0 saturated heterocycles. The van der Waals surface area contributed by atoms with Crippen LogP contribution in [-0.4, -0.2) is 18.6 Å². The Labute approximate surface area is 128 Å². The van der Waals surface area contributed by atoms with Crippen molar-refractivity contribution in [3.8, 4) is 0 Å². The maximum atomic E-state index is 4.41. The molecule has 0 amide bonds. The molecule has 1 unspecified atom stereocenters. The van der Waals surface area contributed by atoms with Gasteiger partial charge in [-0.1, -0.05) is 31.2 Å². The lowest BCUT2D eigenvalue weighted by Crippen LogP contribution is -2.24. The standard InChI is InChI=1S/C18H25N3/c1-4-12-19-15(2)17-10-5-6-11-18(17)21(3)14-16-9-7-8-13-20-16/h5-11,13,15,19H,4,12,14H2,1-3H3. The van der Waals surface area contributed by atoms with Crippen molar-refractivity contribution in [1.82, 2.24) is 10.3 Å². The maximum absolute atomic E-state index is 4.41. The van der Waals surface area contributed by atoms with Crippen molar-refractivity contribution >= 4 is 5.69 Å². The van der Waals surface area contributed by atoms with Crippen LogP contribution in [0.2, 0.25) is 0 Å². The monoisotopic (exact) mass is 283 g/mol. The highest BCUT2D eigenvalue weighted by molar-refractivity contribution is 5.54. The van der Waals surface area contributed by atoms with Gasteiger partial charge in [-0.15, -0.1) is 0 Å². The second kappa shape index (κ2) is 7.79. The third-order valence-electron chi connectivity index (χ3n) is 3.64. The Hall–Kier alpha value is -1.87. The van der Waals surface area contributed by atoms with Crippen LogP contribution in [0.1, 0.15) is 37.6 Å². The minimum Gasteiger partial charge on any atom is -0.368 e. The number of para-hydroxylation sites is 1. The summed E-state index contributed by atoms with van der Waals surface area (Å²) in [6.45, 7) is 6.28. The zero-order chi connectivity index (χ0) is 15.1. The highest BCUT2D eigenvalue weighted by atomic mass is 15.1. The van der Waals surface area contributed by atoms with Gasteiger partial charge in [-0.05, 0) is 43.7 Å². The van der Waals surface area contributed by atoms with Gasteiger partial charge in [-0.2, -0.15) is 0 Å². The zero-order valence-electron chi connectivity index (χ0n) is 13.2. The summed E-state index contributed by atoms with van der Waals surface area (Å²) in [7, 11) is 2.13. The quantitative estimate of drug-likeness (QED) is 0.838. The highest BCUT2D eigenvalue weighted by Crippen LogP contribution is 2.26. The van der Waals surface area contributed by atoms with Crippen LogP contribution in [0.25, 0.3) is 0 Å². The van der Waals surface area contributed by atoms with E-state index in [2.05, 4.69) is 66.4 Å². The van der Waals surface area contributed by atoms with Gasteiger partial charge in [0.1, 0.15) is 0 Å². The van der Waals surface area contributed by atoms with Crippen molar-refractivity contribution in [3.63, 3.8) is 0 Å². The second-order valence-electron chi connectivity index (χ2n) is 5.41.